The van der Waals surface area contributed by atoms with Gasteiger partial charge < -0.3 is 4.74 Å². The van der Waals surface area contributed by atoms with Crippen molar-refractivity contribution in [1.29, 1.82) is 0 Å². The van der Waals surface area contributed by atoms with Crippen LogP contribution < -0.4 is 15.7 Å². The molecule has 152 valence electrons. The summed E-state index contributed by atoms with van der Waals surface area (Å²) in [5.41, 5.74) is 3.91. The molecule has 0 spiro atoms. The smallest absolute Gasteiger partial charge is 0.252 e. The Balaban J connectivity index is 1.76. The predicted octanol–water partition coefficient (Wildman–Crippen LogP) is 5.31. The zero-order chi connectivity index (χ0) is 20.2. The molecule has 1 aromatic carbocycles. The van der Waals surface area contributed by atoms with E-state index < -0.39 is 0 Å². The van der Waals surface area contributed by atoms with Gasteiger partial charge in [-0.05, 0) is 37.1 Å². The molecule has 0 aliphatic heterocycles. The van der Waals surface area contributed by atoms with E-state index in [-0.39, 0.29) is 5.56 Å². The number of unbranched alkanes of at least 4 members (excludes halogenated alkanes) is 6. The zero-order valence-corrected chi connectivity index (χ0v) is 17.4. The van der Waals surface area contributed by atoms with Crippen LogP contribution in [0, 0.1) is 6.92 Å². The van der Waals surface area contributed by atoms with Crippen LogP contribution in [0.3, 0.4) is 0 Å². The molecule has 0 radical (unpaired) electrons. The number of halogens is 1. The van der Waals surface area contributed by atoms with E-state index in [9.17, 15) is 4.79 Å². The number of nitrogens with one attached hydrogen (secondary N) is 2. The molecule has 0 aliphatic rings. The van der Waals surface area contributed by atoms with E-state index in [0.29, 0.717) is 29.0 Å². The SMILES string of the molecule is CCCCCCCCCOc1ccc(/C=N\Nc2nc(C)cc(=O)[nH]2)cc1Cl. The van der Waals surface area contributed by atoms with Crippen LogP contribution in [0.4, 0.5) is 5.95 Å². The molecule has 0 bridgehead atoms. The number of hydrogen-bond donors (Lipinski definition) is 2. The summed E-state index contributed by atoms with van der Waals surface area (Å²) in [5.74, 6) is 0.976. The number of rotatable bonds is 12. The third kappa shape index (κ3) is 8.13. The van der Waals surface area contributed by atoms with Gasteiger partial charge in [-0.25, -0.2) is 10.4 Å². The van der Waals surface area contributed by atoms with Crippen LogP contribution in [-0.2, 0) is 0 Å². The van der Waals surface area contributed by atoms with Crippen molar-refractivity contribution in [2.45, 2.75) is 58.8 Å². The Morgan fingerprint density at radius 2 is 1.93 bits per heavy atom. The lowest BCUT2D eigenvalue weighted by molar-refractivity contribution is 0.304. The number of benzene rings is 1. The van der Waals surface area contributed by atoms with E-state index in [4.69, 9.17) is 16.3 Å². The molecular formula is C21H29ClN4O2. The second kappa shape index (κ2) is 12.2. The Labute approximate surface area is 171 Å². The molecule has 0 amide bonds. The first-order valence-corrected chi connectivity index (χ1v) is 10.3. The number of aromatic amines is 1. The fourth-order valence-corrected chi connectivity index (χ4v) is 3.00. The molecule has 2 aromatic rings. The first-order chi connectivity index (χ1) is 13.6. The fraction of sp³-hybridized carbons (Fsp3) is 0.476. The Hall–Kier alpha value is -2.34. The summed E-state index contributed by atoms with van der Waals surface area (Å²) in [6.45, 7) is 4.65. The molecule has 28 heavy (non-hydrogen) atoms. The molecule has 1 aromatic heterocycles. The Bertz CT molecular complexity index is 820. The highest BCUT2D eigenvalue weighted by molar-refractivity contribution is 6.32. The zero-order valence-electron chi connectivity index (χ0n) is 16.6. The summed E-state index contributed by atoms with van der Waals surface area (Å²) in [6, 6.07) is 6.93. The van der Waals surface area contributed by atoms with Gasteiger partial charge in [-0.2, -0.15) is 5.10 Å². The van der Waals surface area contributed by atoms with Crippen molar-refractivity contribution in [2.75, 3.05) is 12.0 Å². The van der Waals surface area contributed by atoms with Crippen LogP contribution in [-0.4, -0.2) is 22.8 Å². The van der Waals surface area contributed by atoms with E-state index in [1.165, 1.54) is 44.6 Å². The number of aryl methyl sites for hydroxylation is 1. The van der Waals surface area contributed by atoms with Crippen LogP contribution in [0.25, 0.3) is 0 Å². The quantitative estimate of drug-likeness (QED) is 0.285. The summed E-state index contributed by atoms with van der Waals surface area (Å²) >= 11 is 6.30. The van der Waals surface area contributed by atoms with Gasteiger partial charge in [0.25, 0.3) is 5.56 Å². The summed E-state index contributed by atoms with van der Waals surface area (Å²) in [4.78, 5) is 18.1. The van der Waals surface area contributed by atoms with Crippen molar-refractivity contribution < 1.29 is 4.74 Å². The van der Waals surface area contributed by atoms with Gasteiger partial charge in [0.1, 0.15) is 5.75 Å². The number of anilines is 1. The Morgan fingerprint density at radius 1 is 1.18 bits per heavy atom. The summed E-state index contributed by atoms with van der Waals surface area (Å²) in [7, 11) is 0. The topological polar surface area (TPSA) is 79.4 Å². The summed E-state index contributed by atoms with van der Waals surface area (Å²) < 4.78 is 5.78. The minimum Gasteiger partial charge on any atom is -0.492 e. The number of ether oxygens (including phenoxy) is 1. The van der Waals surface area contributed by atoms with E-state index >= 15 is 0 Å². The number of H-pyrrole nitrogens is 1. The molecule has 1 heterocycles. The van der Waals surface area contributed by atoms with Crippen molar-refractivity contribution in [3.63, 3.8) is 0 Å². The van der Waals surface area contributed by atoms with Crippen molar-refractivity contribution in [1.82, 2.24) is 9.97 Å². The maximum absolute atomic E-state index is 11.4. The minimum absolute atomic E-state index is 0.226. The van der Waals surface area contributed by atoms with Crippen LogP contribution >= 0.6 is 11.6 Å². The molecule has 2 N–H and O–H groups in total. The number of nitrogens with zero attached hydrogens (tertiary/aromatic N) is 2. The lowest BCUT2D eigenvalue weighted by Crippen LogP contribution is -2.10. The van der Waals surface area contributed by atoms with Gasteiger partial charge >= 0.3 is 0 Å². The van der Waals surface area contributed by atoms with Crippen molar-refractivity contribution in [3.05, 3.63) is 50.9 Å². The average Bonchev–Trinajstić information content (AvgIpc) is 2.64. The van der Waals surface area contributed by atoms with Gasteiger partial charge in [0.05, 0.1) is 17.8 Å². The highest BCUT2D eigenvalue weighted by Crippen LogP contribution is 2.25. The van der Waals surface area contributed by atoms with Crippen molar-refractivity contribution in [2.24, 2.45) is 5.10 Å². The van der Waals surface area contributed by atoms with E-state index in [1.54, 1.807) is 19.2 Å². The minimum atomic E-state index is -0.226. The summed E-state index contributed by atoms with van der Waals surface area (Å²) in [5, 5.41) is 4.62. The maximum atomic E-state index is 11.4. The lowest BCUT2D eigenvalue weighted by Gasteiger charge is -2.08. The highest BCUT2D eigenvalue weighted by atomic mass is 35.5. The molecule has 7 heteroatoms. The molecule has 0 atom stereocenters. The monoisotopic (exact) mass is 404 g/mol. The molecular weight excluding hydrogens is 376 g/mol. The van der Waals surface area contributed by atoms with E-state index in [0.717, 1.165) is 12.0 Å². The van der Waals surface area contributed by atoms with Crippen molar-refractivity contribution in [3.8, 4) is 5.75 Å². The van der Waals surface area contributed by atoms with Gasteiger partial charge in [-0.15, -0.1) is 0 Å². The molecule has 0 aliphatic carbocycles. The maximum Gasteiger partial charge on any atom is 0.252 e. The van der Waals surface area contributed by atoms with Gasteiger partial charge in [0.15, 0.2) is 0 Å². The van der Waals surface area contributed by atoms with Gasteiger partial charge in [0, 0.05) is 11.8 Å². The molecule has 2 rings (SSSR count). The number of hydrogen-bond acceptors (Lipinski definition) is 5. The molecule has 6 nitrogen and oxygen atoms in total. The number of aromatic nitrogens is 2. The van der Waals surface area contributed by atoms with Crippen LogP contribution in [0.2, 0.25) is 5.02 Å². The molecule has 0 unspecified atom stereocenters. The van der Waals surface area contributed by atoms with Gasteiger partial charge in [0.2, 0.25) is 5.95 Å². The summed E-state index contributed by atoms with van der Waals surface area (Å²) in [6.07, 6.45) is 10.3. The molecule has 0 fully saturated rings. The second-order valence-corrected chi connectivity index (χ2v) is 7.17. The highest BCUT2D eigenvalue weighted by Gasteiger charge is 2.03. The largest absolute Gasteiger partial charge is 0.492 e. The first-order valence-electron chi connectivity index (χ1n) is 9.88. The van der Waals surface area contributed by atoms with E-state index in [2.05, 4.69) is 27.4 Å². The number of hydrazone groups is 1. The average molecular weight is 405 g/mol. The molecule has 0 saturated carbocycles. The predicted molar refractivity (Wildman–Crippen MR) is 116 cm³/mol. The third-order valence-corrected chi connectivity index (χ3v) is 4.51. The first kappa shape index (κ1) is 22.0. The van der Waals surface area contributed by atoms with Crippen LogP contribution in [0.1, 0.15) is 63.1 Å². The van der Waals surface area contributed by atoms with Crippen LogP contribution in [0.5, 0.6) is 5.75 Å². The van der Waals surface area contributed by atoms with E-state index in [1.807, 2.05) is 12.1 Å². The van der Waals surface area contributed by atoms with Crippen LogP contribution in [0.15, 0.2) is 34.2 Å². The van der Waals surface area contributed by atoms with Crippen molar-refractivity contribution >= 4 is 23.8 Å². The van der Waals surface area contributed by atoms with Gasteiger partial charge in [-0.1, -0.05) is 57.0 Å². The lowest BCUT2D eigenvalue weighted by atomic mass is 10.1. The standard InChI is InChI=1S/C21H29ClN4O2/c1-3-4-5-6-7-8-9-12-28-19-11-10-17(14-18(19)22)15-23-26-21-24-16(2)13-20(27)25-21/h10-11,13-15H,3-9,12H2,1-2H3,(H2,24,25,26,27)/b23-15-. The Morgan fingerprint density at radius 3 is 2.64 bits per heavy atom. The fourth-order valence-electron chi connectivity index (χ4n) is 2.76. The third-order valence-electron chi connectivity index (χ3n) is 4.22. The Kier molecular flexibility index (Phi) is 9.55. The normalized spacial score (nSPS) is 11.1. The van der Waals surface area contributed by atoms with Gasteiger partial charge in [-0.3, -0.25) is 9.78 Å². The molecule has 0 saturated heterocycles. The second-order valence-electron chi connectivity index (χ2n) is 6.77.